The Hall–Kier alpha value is -2.69. The molecule has 0 radical (unpaired) electrons. The fourth-order valence-corrected chi connectivity index (χ4v) is 3.31. The number of hydrogen-bond acceptors (Lipinski definition) is 4. The SMILES string of the molecule is CCCCCCc1ccc(N=Nc2ccc(OCCCCCCCC(=O)O)cc2)cc1. The molecule has 0 amide bonds. The van der Waals surface area contributed by atoms with Crippen molar-refractivity contribution in [1.29, 1.82) is 0 Å². The minimum atomic E-state index is -0.711. The first-order valence-electron chi connectivity index (χ1n) is 11.6. The lowest BCUT2D eigenvalue weighted by Gasteiger charge is -2.06. The van der Waals surface area contributed by atoms with Gasteiger partial charge in [0.25, 0.3) is 0 Å². The molecule has 5 heteroatoms. The maximum Gasteiger partial charge on any atom is 0.303 e. The van der Waals surface area contributed by atoms with Gasteiger partial charge in [-0.1, -0.05) is 57.6 Å². The number of azo groups is 1. The molecule has 0 aromatic heterocycles. The van der Waals surface area contributed by atoms with Crippen molar-refractivity contribution in [3.05, 3.63) is 54.1 Å². The zero-order chi connectivity index (χ0) is 22.2. The second-order valence-electron chi connectivity index (χ2n) is 7.93. The highest BCUT2D eigenvalue weighted by Crippen LogP contribution is 2.22. The minimum absolute atomic E-state index is 0.268. The van der Waals surface area contributed by atoms with Crippen molar-refractivity contribution in [2.45, 2.75) is 77.6 Å². The van der Waals surface area contributed by atoms with Crippen LogP contribution in [0.2, 0.25) is 0 Å². The molecule has 1 N–H and O–H groups in total. The van der Waals surface area contributed by atoms with Crippen LogP contribution in [0.4, 0.5) is 11.4 Å². The lowest BCUT2D eigenvalue weighted by molar-refractivity contribution is -0.137. The molecule has 0 saturated carbocycles. The van der Waals surface area contributed by atoms with Gasteiger partial charge in [-0.3, -0.25) is 4.79 Å². The van der Waals surface area contributed by atoms with Crippen LogP contribution in [0, 0.1) is 0 Å². The minimum Gasteiger partial charge on any atom is -0.494 e. The molecule has 0 unspecified atom stereocenters. The summed E-state index contributed by atoms with van der Waals surface area (Å²) < 4.78 is 5.76. The largest absolute Gasteiger partial charge is 0.494 e. The number of benzene rings is 2. The third-order valence-corrected chi connectivity index (χ3v) is 5.18. The van der Waals surface area contributed by atoms with Gasteiger partial charge in [-0.25, -0.2) is 0 Å². The average molecular weight is 425 g/mol. The Balaban J connectivity index is 1.65. The molecule has 0 atom stereocenters. The van der Waals surface area contributed by atoms with E-state index in [1.165, 1.54) is 31.2 Å². The van der Waals surface area contributed by atoms with Crippen LogP contribution in [0.3, 0.4) is 0 Å². The predicted molar refractivity (Wildman–Crippen MR) is 126 cm³/mol. The van der Waals surface area contributed by atoms with Crippen LogP contribution in [-0.4, -0.2) is 17.7 Å². The number of rotatable bonds is 16. The van der Waals surface area contributed by atoms with Crippen LogP contribution < -0.4 is 4.74 Å². The highest BCUT2D eigenvalue weighted by atomic mass is 16.5. The molecule has 0 bridgehead atoms. The third-order valence-electron chi connectivity index (χ3n) is 5.18. The number of hydrogen-bond donors (Lipinski definition) is 1. The first kappa shape index (κ1) is 24.6. The number of unbranched alkanes of at least 4 members (excludes halogenated alkanes) is 7. The smallest absolute Gasteiger partial charge is 0.303 e. The van der Waals surface area contributed by atoms with Crippen LogP contribution in [0.25, 0.3) is 0 Å². The van der Waals surface area contributed by atoms with E-state index >= 15 is 0 Å². The Morgan fingerprint density at radius 2 is 1.35 bits per heavy atom. The van der Waals surface area contributed by atoms with Gasteiger partial charge in [0.05, 0.1) is 18.0 Å². The highest BCUT2D eigenvalue weighted by Gasteiger charge is 1.99. The van der Waals surface area contributed by atoms with Crippen molar-refractivity contribution in [2.24, 2.45) is 10.2 Å². The Kier molecular flexibility index (Phi) is 12.0. The third kappa shape index (κ3) is 11.3. The molecule has 0 aliphatic heterocycles. The number of aliphatic carboxylic acids is 1. The summed E-state index contributed by atoms with van der Waals surface area (Å²) in [6.45, 7) is 2.91. The van der Waals surface area contributed by atoms with Crippen LogP contribution in [0.15, 0.2) is 58.8 Å². The lowest BCUT2D eigenvalue weighted by atomic mass is 10.1. The summed E-state index contributed by atoms with van der Waals surface area (Å²) in [4.78, 5) is 10.5. The highest BCUT2D eigenvalue weighted by molar-refractivity contribution is 5.66. The summed E-state index contributed by atoms with van der Waals surface area (Å²) in [6, 6.07) is 16.0. The summed E-state index contributed by atoms with van der Waals surface area (Å²) in [5.41, 5.74) is 3.02. The zero-order valence-electron chi connectivity index (χ0n) is 18.8. The van der Waals surface area contributed by atoms with Gasteiger partial charge in [0, 0.05) is 6.42 Å². The van der Waals surface area contributed by atoms with Gasteiger partial charge in [-0.05, 0) is 67.6 Å². The second-order valence-corrected chi connectivity index (χ2v) is 7.93. The first-order valence-corrected chi connectivity index (χ1v) is 11.6. The van der Waals surface area contributed by atoms with Crippen LogP contribution in [0.1, 0.15) is 76.7 Å². The summed E-state index contributed by atoms with van der Waals surface area (Å²) in [5.74, 6) is 0.120. The van der Waals surface area contributed by atoms with Gasteiger partial charge in [0.1, 0.15) is 5.75 Å². The van der Waals surface area contributed by atoms with Gasteiger partial charge >= 0.3 is 5.97 Å². The van der Waals surface area contributed by atoms with Crippen LogP contribution >= 0.6 is 0 Å². The first-order chi connectivity index (χ1) is 15.2. The molecule has 0 aliphatic carbocycles. The molecule has 0 heterocycles. The number of carboxylic acid groups (broad SMARTS) is 1. The fraction of sp³-hybridized carbons (Fsp3) is 0.500. The summed E-state index contributed by atoms with van der Waals surface area (Å²) in [6.07, 6.45) is 11.3. The lowest BCUT2D eigenvalue weighted by Crippen LogP contribution is -1.97. The number of aryl methyl sites for hydroxylation is 1. The quantitative estimate of drug-likeness (QED) is 0.219. The Labute approximate surface area is 186 Å². The summed E-state index contributed by atoms with van der Waals surface area (Å²) >= 11 is 0. The fourth-order valence-electron chi connectivity index (χ4n) is 3.31. The van der Waals surface area contributed by atoms with E-state index in [4.69, 9.17) is 9.84 Å². The Morgan fingerprint density at radius 1 is 0.774 bits per heavy atom. The monoisotopic (exact) mass is 424 g/mol. The molecule has 0 spiro atoms. The molecule has 2 aromatic rings. The number of nitrogens with zero attached hydrogens (tertiary/aromatic N) is 2. The Bertz CT molecular complexity index is 770. The maximum absolute atomic E-state index is 10.5. The number of ether oxygens (including phenoxy) is 1. The van der Waals surface area contributed by atoms with Gasteiger partial charge < -0.3 is 9.84 Å². The molecule has 31 heavy (non-hydrogen) atoms. The molecule has 0 aliphatic rings. The van der Waals surface area contributed by atoms with Crippen molar-refractivity contribution in [3.63, 3.8) is 0 Å². The average Bonchev–Trinajstić information content (AvgIpc) is 2.78. The van der Waals surface area contributed by atoms with E-state index in [1.807, 2.05) is 36.4 Å². The van der Waals surface area contributed by atoms with E-state index in [1.54, 1.807) is 0 Å². The van der Waals surface area contributed by atoms with Crippen molar-refractivity contribution < 1.29 is 14.6 Å². The van der Waals surface area contributed by atoms with Crippen molar-refractivity contribution in [1.82, 2.24) is 0 Å². The zero-order valence-corrected chi connectivity index (χ0v) is 18.8. The molecule has 2 aromatic carbocycles. The standard InChI is InChI=1S/C26H36N2O3/c1-2-3-4-8-11-22-13-15-23(16-14-22)27-28-24-17-19-25(20-18-24)31-21-10-7-5-6-9-12-26(29)30/h13-20H,2-12,21H2,1H3,(H,29,30). The van der Waals surface area contributed by atoms with Gasteiger partial charge in [-0.2, -0.15) is 10.2 Å². The van der Waals surface area contributed by atoms with Crippen LogP contribution in [0.5, 0.6) is 5.75 Å². The van der Waals surface area contributed by atoms with Crippen molar-refractivity contribution in [2.75, 3.05) is 6.61 Å². The Morgan fingerprint density at radius 3 is 2.00 bits per heavy atom. The molecular formula is C26H36N2O3. The molecule has 168 valence electrons. The predicted octanol–water partition coefficient (Wildman–Crippen LogP) is 8.03. The molecule has 5 nitrogen and oxygen atoms in total. The van der Waals surface area contributed by atoms with Gasteiger partial charge in [-0.15, -0.1) is 0 Å². The normalized spacial score (nSPS) is 11.1. The number of carboxylic acids is 1. The molecular weight excluding hydrogens is 388 g/mol. The second kappa shape index (κ2) is 15.2. The maximum atomic E-state index is 10.5. The molecule has 0 saturated heterocycles. The van der Waals surface area contributed by atoms with E-state index < -0.39 is 5.97 Å². The topological polar surface area (TPSA) is 71.2 Å². The number of carbonyl (C=O) groups is 1. The summed E-state index contributed by atoms with van der Waals surface area (Å²) in [5, 5.41) is 17.2. The van der Waals surface area contributed by atoms with E-state index in [0.29, 0.717) is 6.61 Å². The van der Waals surface area contributed by atoms with Gasteiger partial charge in [0.15, 0.2) is 0 Å². The van der Waals surface area contributed by atoms with Gasteiger partial charge in [0.2, 0.25) is 0 Å². The molecule has 0 fully saturated rings. The van der Waals surface area contributed by atoms with Crippen molar-refractivity contribution in [3.8, 4) is 5.75 Å². The van der Waals surface area contributed by atoms with E-state index in [9.17, 15) is 4.79 Å². The molecule has 2 rings (SSSR count). The van der Waals surface area contributed by atoms with E-state index in [0.717, 1.165) is 55.6 Å². The summed E-state index contributed by atoms with van der Waals surface area (Å²) in [7, 11) is 0. The van der Waals surface area contributed by atoms with Crippen molar-refractivity contribution >= 4 is 17.3 Å². The van der Waals surface area contributed by atoms with E-state index in [2.05, 4.69) is 29.3 Å². The van der Waals surface area contributed by atoms with E-state index in [-0.39, 0.29) is 6.42 Å². The van der Waals surface area contributed by atoms with Crippen LogP contribution in [-0.2, 0) is 11.2 Å².